The van der Waals surface area contributed by atoms with Gasteiger partial charge in [0.25, 0.3) is 0 Å². The van der Waals surface area contributed by atoms with E-state index < -0.39 is 15.9 Å². The van der Waals surface area contributed by atoms with Crippen LogP contribution in [0.4, 0.5) is 14.9 Å². The molecule has 1 saturated heterocycles. The molecule has 2 aliphatic carbocycles. The van der Waals surface area contributed by atoms with Crippen molar-refractivity contribution in [3.63, 3.8) is 0 Å². The molecule has 1 aromatic carbocycles. The van der Waals surface area contributed by atoms with Gasteiger partial charge in [-0.2, -0.15) is 5.10 Å². The number of halogens is 1. The number of nitrogens with two attached hydrogens (primary N) is 1. The molecule has 164 valence electrons. The van der Waals surface area contributed by atoms with Crippen molar-refractivity contribution in [3.05, 3.63) is 34.3 Å². The van der Waals surface area contributed by atoms with Crippen molar-refractivity contribution in [1.82, 2.24) is 15.1 Å². The quantitative estimate of drug-likeness (QED) is 0.645. The molecule has 0 saturated carbocycles. The normalized spacial score (nSPS) is 21.6. The molecule has 1 fully saturated rings. The largest absolute Gasteiger partial charge is 0.476 e. The number of nitrogens with one attached hydrogen (secondary N) is 2. The van der Waals surface area contributed by atoms with E-state index >= 15 is 0 Å². The van der Waals surface area contributed by atoms with Gasteiger partial charge in [0.2, 0.25) is 5.88 Å². The molecule has 3 heterocycles. The van der Waals surface area contributed by atoms with Crippen molar-refractivity contribution >= 4 is 21.6 Å². The SMILES string of the molecule is NS(=O)(=NC(=O)Nc1c2c(c(F)c3c1CC3)CCC2)c1cnn2c1OCC1(CNC1)C2. The standard InChI is InChI=1S/C20H23FN6O3S/c21-16-11-2-1-3-13(11)17(14-5-4-12(14)16)25-19(28)26-31(22,29)15-6-24-27-9-20(7-23-8-20)10-30-18(15)27/h6,23H,1-5,7-10H2,(H3,22,25,26,28,29). The Bertz CT molecular complexity index is 1260. The smallest absolute Gasteiger partial charge is 0.354 e. The van der Waals surface area contributed by atoms with Crippen LogP contribution in [0.5, 0.6) is 5.88 Å². The lowest BCUT2D eigenvalue weighted by Gasteiger charge is -2.44. The molecule has 1 spiro atoms. The summed E-state index contributed by atoms with van der Waals surface area (Å²) in [5, 5.41) is 16.2. The Labute approximate surface area is 178 Å². The number of ether oxygens (including phenoxy) is 1. The fourth-order valence-electron chi connectivity index (χ4n) is 5.07. The van der Waals surface area contributed by atoms with Crippen molar-refractivity contribution in [3.8, 4) is 5.88 Å². The van der Waals surface area contributed by atoms with E-state index in [2.05, 4.69) is 20.1 Å². The number of rotatable bonds is 2. The Kier molecular flexibility index (Phi) is 4.03. The maximum atomic E-state index is 14.6. The number of nitrogens with zero attached hydrogens (tertiary/aromatic N) is 3. The van der Waals surface area contributed by atoms with Gasteiger partial charge in [-0.05, 0) is 54.4 Å². The Balaban J connectivity index is 1.30. The summed E-state index contributed by atoms with van der Waals surface area (Å²) in [4.78, 5) is 12.8. The van der Waals surface area contributed by atoms with Crippen LogP contribution in [0.2, 0.25) is 0 Å². The van der Waals surface area contributed by atoms with Gasteiger partial charge in [-0.15, -0.1) is 4.36 Å². The lowest BCUT2D eigenvalue weighted by Crippen LogP contribution is -2.60. The first kappa shape index (κ1) is 19.2. The predicted molar refractivity (Wildman–Crippen MR) is 111 cm³/mol. The van der Waals surface area contributed by atoms with Crippen LogP contribution in [0, 0.1) is 11.2 Å². The zero-order valence-corrected chi connectivity index (χ0v) is 17.7. The fraction of sp³-hybridized carbons (Fsp3) is 0.500. The first-order valence-corrected chi connectivity index (χ1v) is 12.0. The van der Waals surface area contributed by atoms with E-state index in [1.54, 1.807) is 4.68 Å². The van der Waals surface area contributed by atoms with E-state index in [0.717, 1.165) is 30.6 Å². The molecule has 2 aliphatic heterocycles. The first-order valence-electron chi connectivity index (χ1n) is 10.5. The van der Waals surface area contributed by atoms with Crippen LogP contribution in [0.15, 0.2) is 15.5 Å². The van der Waals surface area contributed by atoms with E-state index in [-0.39, 0.29) is 16.1 Å². The Morgan fingerprint density at radius 1 is 1.26 bits per heavy atom. The number of carbonyl (C=O) groups excluding carboxylic acids is 1. The minimum Gasteiger partial charge on any atom is -0.476 e. The Hall–Kier alpha value is -2.50. The molecule has 9 nitrogen and oxygen atoms in total. The highest BCUT2D eigenvalue weighted by Gasteiger charge is 2.43. The molecule has 1 unspecified atom stereocenters. The molecule has 0 bridgehead atoms. The van der Waals surface area contributed by atoms with Gasteiger partial charge in [0.15, 0.2) is 9.92 Å². The number of anilines is 1. The summed E-state index contributed by atoms with van der Waals surface area (Å²) in [7, 11) is -3.57. The molecule has 2 aromatic rings. The summed E-state index contributed by atoms with van der Waals surface area (Å²) in [6, 6.07) is -0.808. The molecule has 4 aliphatic rings. The lowest BCUT2D eigenvalue weighted by atomic mass is 9.82. The van der Waals surface area contributed by atoms with Crippen molar-refractivity contribution in [2.24, 2.45) is 14.9 Å². The number of carbonyl (C=O) groups is 1. The van der Waals surface area contributed by atoms with Crippen molar-refractivity contribution in [2.45, 2.75) is 43.5 Å². The van der Waals surface area contributed by atoms with Gasteiger partial charge in [-0.1, -0.05) is 0 Å². The van der Waals surface area contributed by atoms with Crippen molar-refractivity contribution < 1.29 is 18.1 Å². The van der Waals surface area contributed by atoms with E-state index in [1.807, 2.05) is 0 Å². The van der Waals surface area contributed by atoms with Gasteiger partial charge in [-0.3, -0.25) is 0 Å². The van der Waals surface area contributed by atoms with Crippen molar-refractivity contribution in [2.75, 3.05) is 25.0 Å². The Morgan fingerprint density at radius 3 is 2.68 bits per heavy atom. The second kappa shape index (κ2) is 6.50. The van der Waals surface area contributed by atoms with Crippen LogP contribution in [-0.4, -0.2) is 39.7 Å². The number of amides is 2. The van der Waals surface area contributed by atoms with Crippen LogP contribution >= 0.6 is 0 Å². The molecule has 0 radical (unpaired) electrons. The van der Waals surface area contributed by atoms with E-state index in [1.165, 1.54) is 6.20 Å². The maximum absolute atomic E-state index is 14.6. The molecule has 1 atom stereocenters. The first-order chi connectivity index (χ1) is 14.9. The number of benzene rings is 1. The molecule has 4 N–H and O–H groups in total. The molecule has 31 heavy (non-hydrogen) atoms. The molecule has 1 aromatic heterocycles. The third-order valence-electron chi connectivity index (χ3n) is 6.87. The van der Waals surface area contributed by atoms with Crippen molar-refractivity contribution in [1.29, 1.82) is 0 Å². The van der Waals surface area contributed by atoms with Gasteiger partial charge in [0, 0.05) is 24.2 Å². The van der Waals surface area contributed by atoms with Gasteiger partial charge in [0.1, 0.15) is 10.7 Å². The van der Waals surface area contributed by atoms with Gasteiger partial charge < -0.3 is 15.4 Å². The summed E-state index contributed by atoms with van der Waals surface area (Å²) in [6.07, 6.45) is 4.95. The molecule has 2 amide bonds. The van der Waals surface area contributed by atoms with E-state index in [4.69, 9.17) is 9.88 Å². The number of fused-ring (bicyclic) bond motifs is 3. The van der Waals surface area contributed by atoms with E-state index in [9.17, 15) is 13.4 Å². The van der Waals surface area contributed by atoms with Gasteiger partial charge in [0.05, 0.1) is 19.3 Å². The van der Waals surface area contributed by atoms with Crippen LogP contribution < -0.4 is 20.5 Å². The summed E-state index contributed by atoms with van der Waals surface area (Å²) in [5.41, 5.74) is 3.60. The maximum Gasteiger partial charge on any atom is 0.354 e. The molecular formula is C20H23FN6O3S. The minimum atomic E-state index is -3.57. The monoisotopic (exact) mass is 446 g/mol. The summed E-state index contributed by atoms with van der Waals surface area (Å²) in [6.45, 7) is 2.76. The molecular weight excluding hydrogens is 423 g/mol. The number of hydrogen-bond acceptors (Lipinski definition) is 5. The van der Waals surface area contributed by atoms with E-state index in [0.29, 0.717) is 61.5 Å². The van der Waals surface area contributed by atoms with Crippen LogP contribution in [0.3, 0.4) is 0 Å². The summed E-state index contributed by atoms with van der Waals surface area (Å²) < 4.78 is 39.0. The highest BCUT2D eigenvalue weighted by molar-refractivity contribution is 7.91. The zero-order valence-electron chi connectivity index (χ0n) is 16.9. The lowest BCUT2D eigenvalue weighted by molar-refractivity contribution is 0.0213. The predicted octanol–water partition coefficient (Wildman–Crippen LogP) is 1.52. The average molecular weight is 447 g/mol. The fourth-order valence-corrected chi connectivity index (χ4v) is 6.07. The average Bonchev–Trinajstić information content (AvgIpc) is 3.30. The Morgan fingerprint density at radius 2 is 1.97 bits per heavy atom. The topological polar surface area (TPSA) is 124 Å². The highest BCUT2D eigenvalue weighted by atomic mass is 32.2. The highest BCUT2D eigenvalue weighted by Crippen LogP contribution is 2.42. The second-order valence-electron chi connectivity index (χ2n) is 8.91. The van der Waals surface area contributed by atoms with Crippen LogP contribution in [0.25, 0.3) is 0 Å². The third-order valence-corrected chi connectivity index (χ3v) is 8.21. The van der Waals surface area contributed by atoms with Crippen LogP contribution in [-0.2, 0) is 42.1 Å². The number of urea groups is 1. The van der Waals surface area contributed by atoms with Gasteiger partial charge >= 0.3 is 6.03 Å². The minimum absolute atomic E-state index is 0.00882. The number of hydrogen-bond donors (Lipinski definition) is 3. The molecule has 11 heteroatoms. The van der Waals surface area contributed by atoms with Crippen LogP contribution in [0.1, 0.15) is 28.7 Å². The third kappa shape index (κ3) is 2.83. The van der Waals surface area contributed by atoms with Gasteiger partial charge in [-0.25, -0.2) is 23.2 Å². The number of aromatic nitrogens is 2. The second-order valence-corrected chi connectivity index (χ2v) is 10.7. The zero-order chi connectivity index (χ0) is 21.4. The summed E-state index contributed by atoms with van der Waals surface area (Å²) in [5.74, 6) is 0.169. The summed E-state index contributed by atoms with van der Waals surface area (Å²) >= 11 is 0. The molecule has 6 rings (SSSR count).